The van der Waals surface area contributed by atoms with E-state index in [1.807, 2.05) is 30.3 Å². The molecule has 0 radical (unpaired) electrons. The summed E-state index contributed by atoms with van der Waals surface area (Å²) in [5.74, 6) is -0.577. The van der Waals surface area contributed by atoms with Gasteiger partial charge in [0.2, 0.25) is 15.0 Å². The molecule has 1 atom stereocenters. The lowest BCUT2D eigenvalue weighted by molar-refractivity contribution is -0.117. The minimum Gasteiger partial charge on any atom is -0.288 e. The SMILES string of the molecule is O=C1CC(CS(=O)(=O)Cl)CN1c1ncc(-c2ccccc2)s1. The zero-order valence-corrected chi connectivity index (χ0v) is 13.9. The Bertz CT molecular complexity index is 789. The molecule has 5 nitrogen and oxygen atoms in total. The number of rotatable bonds is 4. The Kier molecular flexibility index (Phi) is 4.20. The number of anilines is 1. The second-order valence-electron chi connectivity index (χ2n) is 5.15. The molecule has 8 heteroatoms. The molecule has 1 aliphatic rings. The van der Waals surface area contributed by atoms with Crippen LogP contribution in [-0.4, -0.2) is 31.6 Å². The van der Waals surface area contributed by atoms with Gasteiger partial charge in [0, 0.05) is 35.8 Å². The maximum Gasteiger partial charge on any atom is 0.232 e. The maximum atomic E-state index is 12.1. The molecule has 2 heterocycles. The summed E-state index contributed by atoms with van der Waals surface area (Å²) in [7, 11) is 1.67. The summed E-state index contributed by atoms with van der Waals surface area (Å²) < 4.78 is 22.3. The second kappa shape index (κ2) is 5.98. The van der Waals surface area contributed by atoms with Crippen LogP contribution in [0.15, 0.2) is 36.5 Å². The number of nitrogens with zero attached hydrogens (tertiary/aromatic N) is 2. The number of carbonyl (C=O) groups excluding carboxylic acids is 1. The first-order chi connectivity index (χ1) is 10.4. The largest absolute Gasteiger partial charge is 0.288 e. The van der Waals surface area contributed by atoms with Gasteiger partial charge in [-0.15, -0.1) is 0 Å². The van der Waals surface area contributed by atoms with Crippen LogP contribution in [0.25, 0.3) is 10.4 Å². The van der Waals surface area contributed by atoms with Crippen molar-refractivity contribution in [3.05, 3.63) is 36.5 Å². The van der Waals surface area contributed by atoms with Crippen LogP contribution in [0.4, 0.5) is 5.13 Å². The van der Waals surface area contributed by atoms with Crippen molar-refractivity contribution < 1.29 is 13.2 Å². The molecule has 116 valence electrons. The van der Waals surface area contributed by atoms with E-state index in [-0.39, 0.29) is 24.0 Å². The third-order valence-electron chi connectivity index (χ3n) is 3.42. The van der Waals surface area contributed by atoms with Crippen molar-refractivity contribution in [2.45, 2.75) is 6.42 Å². The lowest BCUT2D eigenvalue weighted by Crippen LogP contribution is -2.25. The van der Waals surface area contributed by atoms with Gasteiger partial charge in [0.05, 0.1) is 10.6 Å². The molecule has 0 bridgehead atoms. The first-order valence-electron chi connectivity index (χ1n) is 6.66. The normalized spacial score (nSPS) is 18.9. The molecule has 1 unspecified atom stereocenters. The standard InChI is InChI=1S/C14H13ClN2O3S2/c15-22(19,20)9-10-6-13(18)17(8-10)14-16-7-12(21-14)11-4-2-1-3-5-11/h1-5,7,10H,6,8-9H2. The highest BCUT2D eigenvalue weighted by Crippen LogP contribution is 2.34. The number of benzene rings is 1. The van der Waals surface area contributed by atoms with E-state index in [1.165, 1.54) is 11.3 Å². The van der Waals surface area contributed by atoms with Gasteiger partial charge >= 0.3 is 0 Å². The van der Waals surface area contributed by atoms with Gasteiger partial charge < -0.3 is 0 Å². The third-order valence-corrected chi connectivity index (χ3v) is 5.74. The number of carbonyl (C=O) groups is 1. The fraction of sp³-hybridized carbons (Fsp3) is 0.286. The van der Waals surface area contributed by atoms with Crippen molar-refractivity contribution in [1.82, 2.24) is 4.98 Å². The second-order valence-corrected chi connectivity index (χ2v) is 8.98. The summed E-state index contributed by atoms with van der Waals surface area (Å²) >= 11 is 1.42. The Morgan fingerprint density at radius 2 is 2.05 bits per heavy atom. The highest BCUT2D eigenvalue weighted by atomic mass is 35.7. The lowest BCUT2D eigenvalue weighted by Gasteiger charge is -2.12. The van der Waals surface area contributed by atoms with Crippen LogP contribution in [0.5, 0.6) is 0 Å². The molecule has 3 rings (SSSR count). The topological polar surface area (TPSA) is 67.3 Å². The molecular weight excluding hydrogens is 344 g/mol. The number of thiazole rings is 1. The van der Waals surface area contributed by atoms with Crippen molar-refractivity contribution in [2.24, 2.45) is 5.92 Å². The Labute approximate surface area is 137 Å². The van der Waals surface area contributed by atoms with E-state index in [4.69, 9.17) is 10.7 Å². The van der Waals surface area contributed by atoms with Gasteiger partial charge in [-0.1, -0.05) is 41.7 Å². The summed E-state index contributed by atoms with van der Waals surface area (Å²) in [5.41, 5.74) is 1.04. The van der Waals surface area contributed by atoms with Crippen LogP contribution in [-0.2, 0) is 13.8 Å². The minimum absolute atomic E-state index is 0.112. The molecule has 2 aromatic rings. The molecule has 0 saturated carbocycles. The molecule has 1 fully saturated rings. The van der Waals surface area contributed by atoms with Gasteiger partial charge in [-0.25, -0.2) is 13.4 Å². The quantitative estimate of drug-likeness (QED) is 0.790. The Morgan fingerprint density at radius 3 is 2.73 bits per heavy atom. The highest BCUT2D eigenvalue weighted by Gasteiger charge is 2.34. The zero-order chi connectivity index (χ0) is 15.7. The number of hydrogen-bond donors (Lipinski definition) is 0. The van der Waals surface area contributed by atoms with E-state index in [2.05, 4.69) is 4.98 Å². The monoisotopic (exact) mass is 356 g/mol. The van der Waals surface area contributed by atoms with E-state index in [1.54, 1.807) is 11.1 Å². The fourth-order valence-electron chi connectivity index (χ4n) is 2.49. The molecule has 0 aliphatic carbocycles. The molecule has 1 aromatic heterocycles. The fourth-order valence-corrected chi connectivity index (χ4v) is 4.75. The van der Waals surface area contributed by atoms with Gasteiger partial charge in [0.1, 0.15) is 0 Å². The van der Waals surface area contributed by atoms with Crippen LogP contribution in [0.2, 0.25) is 0 Å². The predicted molar refractivity (Wildman–Crippen MR) is 87.6 cm³/mol. The number of halogens is 1. The summed E-state index contributed by atoms with van der Waals surface area (Å²) in [5, 5.41) is 0.596. The van der Waals surface area contributed by atoms with Gasteiger partial charge in [0.25, 0.3) is 0 Å². The smallest absolute Gasteiger partial charge is 0.232 e. The van der Waals surface area contributed by atoms with E-state index in [9.17, 15) is 13.2 Å². The molecule has 0 spiro atoms. The van der Waals surface area contributed by atoms with Gasteiger partial charge in [-0.2, -0.15) is 0 Å². The van der Waals surface area contributed by atoms with Crippen LogP contribution >= 0.6 is 22.0 Å². The third kappa shape index (κ3) is 3.48. The van der Waals surface area contributed by atoms with Crippen LogP contribution in [0.1, 0.15) is 6.42 Å². The number of amides is 1. The van der Waals surface area contributed by atoms with E-state index in [0.717, 1.165) is 10.4 Å². The van der Waals surface area contributed by atoms with E-state index < -0.39 is 9.05 Å². The Hall–Kier alpha value is -1.44. The first kappa shape index (κ1) is 15.5. The summed E-state index contributed by atoms with van der Waals surface area (Å²) in [4.78, 5) is 18.9. The van der Waals surface area contributed by atoms with Crippen molar-refractivity contribution in [1.29, 1.82) is 0 Å². The van der Waals surface area contributed by atoms with Gasteiger partial charge in [-0.3, -0.25) is 9.69 Å². The lowest BCUT2D eigenvalue weighted by atomic mass is 10.1. The highest BCUT2D eigenvalue weighted by molar-refractivity contribution is 8.13. The summed E-state index contributed by atoms with van der Waals surface area (Å²) in [6.45, 7) is 0.340. The average molecular weight is 357 g/mol. The first-order valence-corrected chi connectivity index (χ1v) is 9.96. The zero-order valence-electron chi connectivity index (χ0n) is 11.5. The molecular formula is C14H13ClN2O3S2. The molecule has 1 aliphatic heterocycles. The van der Waals surface area contributed by atoms with E-state index in [0.29, 0.717) is 11.7 Å². The molecule has 1 aromatic carbocycles. The average Bonchev–Trinajstić information content (AvgIpc) is 3.05. The molecule has 1 amide bonds. The number of hydrogen-bond acceptors (Lipinski definition) is 5. The van der Waals surface area contributed by atoms with Gasteiger partial charge in [-0.05, 0) is 5.56 Å². The number of aromatic nitrogens is 1. The van der Waals surface area contributed by atoms with Crippen molar-refractivity contribution in [3.8, 4) is 10.4 Å². The maximum absolute atomic E-state index is 12.1. The molecule has 1 saturated heterocycles. The Morgan fingerprint density at radius 1 is 1.32 bits per heavy atom. The van der Waals surface area contributed by atoms with E-state index >= 15 is 0 Å². The van der Waals surface area contributed by atoms with Crippen LogP contribution in [0, 0.1) is 5.92 Å². The van der Waals surface area contributed by atoms with Crippen molar-refractivity contribution in [3.63, 3.8) is 0 Å². The van der Waals surface area contributed by atoms with Crippen LogP contribution in [0.3, 0.4) is 0 Å². The van der Waals surface area contributed by atoms with Crippen molar-refractivity contribution in [2.75, 3.05) is 17.2 Å². The van der Waals surface area contributed by atoms with Crippen LogP contribution < -0.4 is 4.90 Å². The molecule has 0 N–H and O–H groups in total. The van der Waals surface area contributed by atoms with Gasteiger partial charge in [0.15, 0.2) is 5.13 Å². The summed E-state index contributed by atoms with van der Waals surface area (Å²) in [6, 6.07) is 9.78. The van der Waals surface area contributed by atoms with Crippen molar-refractivity contribution >= 4 is 42.1 Å². The predicted octanol–water partition coefficient (Wildman–Crippen LogP) is 2.73. The Balaban J connectivity index is 1.78. The minimum atomic E-state index is -3.60. The molecule has 22 heavy (non-hydrogen) atoms. The summed E-state index contributed by atoms with van der Waals surface area (Å²) in [6.07, 6.45) is 1.92.